The summed E-state index contributed by atoms with van der Waals surface area (Å²) in [6.45, 7) is 3.18. The average Bonchev–Trinajstić information content (AvgIpc) is 3.10. The van der Waals surface area contributed by atoms with Crippen LogP contribution in [0.1, 0.15) is 46.4 Å². The summed E-state index contributed by atoms with van der Waals surface area (Å²) in [6.07, 6.45) is 4.81. The van der Waals surface area contributed by atoms with Gasteiger partial charge in [0, 0.05) is 37.0 Å². The first-order valence-electron chi connectivity index (χ1n) is 9.18. The molecule has 4 rings (SSSR count). The van der Waals surface area contributed by atoms with E-state index in [-0.39, 0.29) is 23.7 Å². The van der Waals surface area contributed by atoms with Gasteiger partial charge < -0.3 is 4.90 Å². The number of aromatic amines is 1. The molecule has 0 aliphatic carbocycles. The van der Waals surface area contributed by atoms with Crippen molar-refractivity contribution in [3.8, 4) is 0 Å². The lowest BCUT2D eigenvalue weighted by Crippen LogP contribution is -2.35. The molecule has 1 aliphatic rings. The molecular formula is C20H21FN4O2. The Balaban J connectivity index is 1.74. The highest BCUT2D eigenvalue weighted by molar-refractivity contribution is 5.99. The molecule has 0 spiro atoms. The molecule has 6 nitrogen and oxygen atoms in total. The van der Waals surface area contributed by atoms with Crippen molar-refractivity contribution in [2.24, 2.45) is 0 Å². The van der Waals surface area contributed by atoms with Gasteiger partial charge in [-0.25, -0.2) is 13.9 Å². The second kappa shape index (κ2) is 6.98. The molecule has 1 N–H and O–H groups in total. The number of carbonyl (C=O) groups excluding carboxylic acids is 1. The van der Waals surface area contributed by atoms with Crippen LogP contribution < -0.4 is 5.56 Å². The number of halogens is 1. The van der Waals surface area contributed by atoms with E-state index >= 15 is 0 Å². The lowest BCUT2D eigenvalue weighted by molar-refractivity contribution is 0.0726. The highest BCUT2D eigenvalue weighted by Gasteiger charge is 2.23. The number of fused-ring (bicyclic) bond motifs is 1. The molecule has 1 amide bonds. The molecule has 0 saturated carbocycles. The SMILES string of the molecule is Cc1nc2c(C(=O)N3CCCCC3)c[nH]n2c(=O)c1Cc1ccccc1F. The number of hydrogen-bond acceptors (Lipinski definition) is 3. The average molecular weight is 368 g/mol. The number of aromatic nitrogens is 3. The summed E-state index contributed by atoms with van der Waals surface area (Å²) in [5, 5.41) is 2.84. The molecule has 1 aliphatic heterocycles. The van der Waals surface area contributed by atoms with E-state index < -0.39 is 0 Å². The number of amides is 1. The maximum Gasteiger partial charge on any atom is 0.276 e. The zero-order chi connectivity index (χ0) is 19.0. The van der Waals surface area contributed by atoms with Crippen LogP contribution in [0.4, 0.5) is 4.39 Å². The quantitative estimate of drug-likeness (QED) is 0.773. The van der Waals surface area contributed by atoms with E-state index in [4.69, 9.17) is 0 Å². The highest BCUT2D eigenvalue weighted by atomic mass is 19.1. The van der Waals surface area contributed by atoms with Crippen molar-refractivity contribution in [2.75, 3.05) is 13.1 Å². The van der Waals surface area contributed by atoms with Crippen LogP contribution in [-0.2, 0) is 6.42 Å². The third kappa shape index (κ3) is 3.13. The van der Waals surface area contributed by atoms with Gasteiger partial charge in [-0.05, 0) is 37.8 Å². The first-order valence-corrected chi connectivity index (χ1v) is 9.18. The zero-order valence-electron chi connectivity index (χ0n) is 15.2. The minimum absolute atomic E-state index is 0.110. The predicted molar refractivity (Wildman–Crippen MR) is 99.5 cm³/mol. The van der Waals surface area contributed by atoms with Crippen LogP contribution in [0.15, 0.2) is 35.3 Å². The maximum absolute atomic E-state index is 14.0. The molecule has 3 aromatic rings. The Morgan fingerprint density at radius 2 is 1.96 bits per heavy atom. The molecule has 2 aromatic heterocycles. The van der Waals surface area contributed by atoms with Crippen LogP contribution >= 0.6 is 0 Å². The van der Waals surface area contributed by atoms with Gasteiger partial charge in [0.25, 0.3) is 11.5 Å². The third-order valence-electron chi connectivity index (χ3n) is 5.16. The second-order valence-electron chi connectivity index (χ2n) is 6.95. The van der Waals surface area contributed by atoms with E-state index in [9.17, 15) is 14.0 Å². The number of nitrogens with zero attached hydrogens (tertiary/aromatic N) is 3. The summed E-state index contributed by atoms with van der Waals surface area (Å²) in [5.41, 5.74) is 1.78. The molecule has 0 unspecified atom stereocenters. The van der Waals surface area contributed by atoms with Crippen LogP contribution in [0.3, 0.4) is 0 Å². The van der Waals surface area contributed by atoms with Crippen LogP contribution in [0.25, 0.3) is 5.65 Å². The zero-order valence-corrected chi connectivity index (χ0v) is 15.2. The molecule has 27 heavy (non-hydrogen) atoms. The Kier molecular flexibility index (Phi) is 4.51. The highest BCUT2D eigenvalue weighted by Crippen LogP contribution is 2.18. The molecule has 1 fully saturated rings. The minimum atomic E-state index is -0.353. The van der Waals surface area contributed by atoms with Crippen molar-refractivity contribution in [1.82, 2.24) is 19.5 Å². The number of benzene rings is 1. The van der Waals surface area contributed by atoms with Crippen molar-refractivity contribution in [3.05, 3.63) is 69.0 Å². The van der Waals surface area contributed by atoms with Crippen LogP contribution in [0.2, 0.25) is 0 Å². The fourth-order valence-corrected chi connectivity index (χ4v) is 3.62. The lowest BCUT2D eigenvalue weighted by Gasteiger charge is -2.26. The molecule has 7 heteroatoms. The number of likely N-dealkylation sites (tertiary alicyclic amines) is 1. The Hall–Kier alpha value is -2.96. The van der Waals surface area contributed by atoms with Crippen molar-refractivity contribution in [1.29, 1.82) is 0 Å². The van der Waals surface area contributed by atoms with E-state index in [0.29, 0.717) is 28.0 Å². The summed E-state index contributed by atoms with van der Waals surface area (Å²) in [6, 6.07) is 6.38. The fraction of sp³-hybridized carbons (Fsp3) is 0.350. The van der Waals surface area contributed by atoms with Gasteiger partial charge in [-0.1, -0.05) is 18.2 Å². The van der Waals surface area contributed by atoms with Crippen LogP contribution in [0, 0.1) is 12.7 Å². The normalized spacial score (nSPS) is 14.7. The summed E-state index contributed by atoms with van der Waals surface area (Å²) in [7, 11) is 0. The Bertz CT molecular complexity index is 1060. The Morgan fingerprint density at radius 3 is 2.70 bits per heavy atom. The number of nitrogens with one attached hydrogen (secondary N) is 1. The van der Waals surface area contributed by atoms with Crippen molar-refractivity contribution in [3.63, 3.8) is 0 Å². The first kappa shape index (κ1) is 17.5. The number of rotatable bonds is 3. The number of piperidine rings is 1. The second-order valence-corrected chi connectivity index (χ2v) is 6.95. The third-order valence-corrected chi connectivity index (χ3v) is 5.16. The van der Waals surface area contributed by atoms with Gasteiger partial charge >= 0.3 is 0 Å². The van der Waals surface area contributed by atoms with Crippen molar-refractivity contribution >= 4 is 11.6 Å². The van der Waals surface area contributed by atoms with Gasteiger partial charge in [0.05, 0.1) is 0 Å². The summed E-state index contributed by atoms with van der Waals surface area (Å²) < 4.78 is 15.3. The van der Waals surface area contributed by atoms with Gasteiger partial charge in [-0.3, -0.25) is 14.7 Å². The van der Waals surface area contributed by atoms with E-state index in [1.165, 1.54) is 16.8 Å². The van der Waals surface area contributed by atoms with Crippen molar-refractivity contribution in [2.45, 2.75) is 32.6 Å². The Labute approximate surface area is 155 Å². The molecule has 0 bridgehead atoms. The number of aryl methyl sites for hydroxylation is 1. The van der Waals surface area contributed by atoms with E-state index in [1.807, 2.05) is 0 Å². The monoisotopic (exact) mass is 368 g/mol. The largest absolute Gasteiger partial charge is 0.338 e. The molecule has 1 aromatic carbocycles. The van der Waals surface area contributed by atoms with Gasteiger partial charge in [-0.15, -0.1) is 0 Å². The predicted octanol–water partition coefficient (Wildman–Crippen LogP) is 2.69. The van der Waals surface area contributed by atoms with Gasteiger partial charge in [0.15, 0.2) is 5.65 Å². The van der Waals surface area contributed by atoms with E-state index in [2.05, 4.69) is 10.1 Å². The minimum Gasteiger partial charge on any atom is -0.338 e. The molecule has 3 heterocycles. The molecule has 140 valence electrons. The number of H-pyrrole nitrogens is 1. The smallest absolute Gasteiger partial charge is 0.276 e. The van der Waals surface area contributed by atoms with Gasteiger partial charge in [0.1, 0.15) is 11.4 Å². The summed E-state index contributed by atoms with van der Waals surface area (Å²) in [5.74, 6) is -0.463. The molecule has 0 radical (unpaired) electrons. The number of hydrogen-bond donors (Lipinski definition) is 1. The molecule has 0 atom stereocenters. The number of carbonyl (C=O) groups is 1. The van der Waals surface area contributed by atoms with Crippen LogP contribution in [-0.4, -0.2) is 38.5 Å². The summed E-state index contributed by atoms with van der Waals surface area (Å²) >= 11 is 0. The van der Waals surface area contributed by atoms with E-state index in [1.54, 1.807) is 30.0 Å². The standard InChI is InChI=1S/C20H21FN4O2/c1-13-15(11-14-7-3-4-8-17(14)21)20(27)25-18(23-13)16(12-22-25)19(26)24-9-5-2-6-10-24/h3-4,7-8,12,22H,2,5-6,9-11H2,1H3. The van der Waals surface area contributed by atoms with Crippen LogP contribution in [0.5, 0.6) is 0 Å². The topological polar surface area (TPSA) is 70.5 Å². The lowest BCUT2D eigenvalue weighted by atomic mass is 10.0. The van der Waals surface area contributed by atoms with Gasteiger partial charge in [-0.2, -0.15) is 0 Å². The van der Waals surface area contributed by atoms with E-state index in [0.717, 1.165) is 32.4 Å². The first-order chi connectivity index (χ1) is 13.1. The molecular weight excluding hydrogens is 347 g/mol. The maximum atomic E-state index is 14.0. The molecule has 1 saturated heterocycles. The summed E-state index contributed by atoms with van der Waals surface area (Å²) in [4.78, 5) is 32.0. The fourth-order valence-electron chi connectivity index (χ4n) is 3.62. The van der Waals surface area contributed by atoms with Crippen molar-refractivity contribution < 1.29 is 9.18 Å². The Morgan fingerprint density at radius 1 is 1.22 bits per heavy atom. The van der Waals surface area contributed by atoms with Gasteiger partial charge in [0.2, 0.25) is 0 Å².